The van der Waals surface area contributed by atoms with Crippen LogP contribution in [0.5, 0.6) is 0 Å². The lowest BCUT2D eigenvalue weighted by Gasteiger charge is -2.27. The molecule has 25 heavy (non-hydrogen) atoms. The minimum Gasteiger partial charge on any atom is -0.369 e. The van der Waals surface area contributed by atoms with Gasteiger partial charge in [0.05, 0.1) is 17.4 Å². The van der Waals surface area contributed by atoms with E-state index in [-0.39, 0.29) is 12.5 Å². The maximum absolute atomic E-state index is 12.3. The summed E-state index contributed by atoms with van der Waals surface area (Å²) in [7, 11) is 0. The molecule has 0 saturated carbocycles. The fourth-order valence-electron chi connectivity index (χ4n) is 3.07. The first-order valence-electron chi connectivity index (χ1n) is 8.65. The van der Waals surface area contributed by atoms with Crippen LogP contribution < -0.4 is 10.2 Å². The van der Waals surface area contributed by atoms with E-state index in [1.807, 2.05) is 53.1 Å². The molecule has 1 N–H and O–H groups in total. The van der Waals surface area contributed by atoms with Gasteiger partial charge in [0.15, 0.2) is 0 Å². The Balaban J connectivity index is 1.67. The second-order valence-corrected chi connectivity index (χ2v) is 6.34. The van der Waals surface area contributed by atoms with Gasteiger partial charge in [0, 0.05) is 24.0 Å². The molecular formula is C20H24N4O. The number of nitrogens with one attached hydrogen (secondary N) is 1. The van der Waals surface area contributed by atoms with Crippen molar-refractivity contribution in [3.8, 4) is 0 Å². The van der Waals surface area contributed by atoms with Gasteiger partial charge in [-0.3, -0.25) is 4.79 Å². The lowest BCUT2D eigenvalue weighted by molar-refractivity contribution is -0.116. The van der Waals surface area contributed by atoms with Crippen LogP contribution in [0.2, 0.25) is 0 Å². The molecular weight excluding hydrogens is 312 g/mol. The van der Waals surface area contributed by atoms with E-state index in [9.17, 15) is 4.79 Å². The lowest BCUT2D eigenvalue weighted by atomic mass is 10.2. The highest BCUT2D eigenvalue weighted by Crippen LogP contribution is 2.20. The van der Waals surface area contributed by atoms with Gasteiger partial charge in [-0.15, -0.1) is 0 Å². The number of nitrogens with zero attached hydrogens (tertiary/aromatic N) is 3. The van der Waals surface area contributed by atoms with Crippen LogP contribution in [-0.4, -0.2) is 28.0 Å². The molecule has 2 aromatic carbocycles. The minimum atomic E-state index is -0.0629. The van der Waals surface area contributed by atoms with Crippen molar-refractivity contribution in [2.45, 2.75) is 33.4 Å². The van der Waals surface area contributed by atoms with Crippen LogP contribution >= 0.6 is 0 Å². The smallest absolute Gasteiger partial charge is 0.244 e. The summed E-state index contributed by atoms with van der Waals surface area (Å²) in [5.41, 5.74) is 3.82. The quantitative estimate of drug-likeness (QED) is 0.742. The van der Waals surface area contributed by atoms with E-state index in [0.29, 0.717) is 6.04 Å². The van der Waals surface area contributed by atoms with E-state index in [4.69, 9.17) is 0 Å². The zero-order valence-corrected chi connectivity index (χ0v) is 14.9. The first-order valence-corrected chi connectivity index (χ1v) is 8.65. The molecule has 0 saturated heterocycles. The number of hydrogen-bond donors (Lipinski definition) is 1. The number of benzene rings is 2. The van der Waals surface area contributed by atoms with Crippen molar-refractivity contribution in [2.24, 2.45) is 0 Å². The molecule has 1 amide bonds. The SMILES string of the molecule is CCN(c1ccc(NC(=O)Cn2cnc3ccccc32)cc1)C(C)C. The van der Waals surface area contributed by atoms with Crippen molar-refractivity contribution >= 4 is 28.3 Å². The van der Waals surface area contributed by atoms with E-state index in [1.165, 1.54) is 0 Å². The molecule has 5 heteroatoms. The van der Waals surface area contributed by atoms with E-state index in [2.05, 4.69) is 36.0 Å². The number of imidazole rings is 1. The molecule has 0 fully saturated rings. The summed E-state index contributed by atoms with van der Waals surface area (Å²) in [6, 6.07) is 16.2. The molecule has 0 bridgehead atoms. The largest absolute Gasteiger partial charge is 0.369 e. The van der Waals surface area contributed by atoms with Crippen LogP contribution in [0.25, 0.3) is 11.0 Å². The number of amides is 1. The van der Waals surface area contributed by atoms with Crippen LogP contribution in [0.1, 0.15) is 20.8 Å². The summed E-state index contributed by atoms with van der Waals surface area (Å²) in [6.07, 6.45) is 1.70. The molecule has 0 spiro atoms. The lowest BCUT2D eigenvalue weighted by Crippen LogP contribution is -2.30. The summed E-state index contributed by atoms with van der Waals surface area (Å²) in [5.74, 6) is -0.0629. The predicted octanol–water partition coefficient (Wildman–Crippen LogP) is 3.91. The molecule has 3 rings (SSSR count). The van der Waals surface area contributed by atoms with Gasteiger partial charge in [0.1, 0.15) is 6.54 Å². The Morgan fingerprint density at radius 1 is 1.16 bits per heavy atom. The molecule has 1 aromatic heterocycles. The zero-order valence-electron chi connectivity index (χ0n) is 14.9. The maximum Gasteiger partial charge on any atom is 0.244 e. The number of aromatic nitrogens is 2. The third kappa shape index (κ3) is 3.82. The fourth-order valence-corrected chi connectivity index (χ4v) is 3.07. The Kier molecular flexibility index (Phi) is 5.03. The monoisotopic (exact) mass is 336 g/mol. The van der Waals surface area contributed by atoms with E-state index >= 15 is 0 Å². The van der Waals surface area contributed by atoms with Gasteiger partial charge >= 0.3 is 0 Å². The number of rotatable bonds is 6. The van der Waals surface area contributed by atoms with Gasteiger partial charge in [-0.1, -0.05) is 12.1 Å². The van der Waals surface area contributed by atoms with Crippen LogP contribution in [-0.2, 0) is 11.3 Å². The van der Waals surface area contributed by atoms with Crippen LogP contribution in [0.3, 0.4) is 0 Å². The fraction of sp³-hybridized carbons (Fsp3) is 0.300. The van der Waals surface area contributed by atoms with Gasteiger partial charge in [-0.05, 0) is 57.2 Å². The summed E-state index contributed by atoms with van der Waals surface area (Å²) >= 11 is 0. The number of anilines is 2. The second kappa shape index (κ2) is 7.38. The van der Waals surface area contributed by atoms with Crippen LogP contribution in [0, 0.1) is 0 Å². The second-order valence-electron chi connectivity index (χ2n) is 6.34. The van der Waals surface area contributed by atoms with Crippen molar-refractivity contribution in [1.29, 1.82) is 0 Å². The zero-order chi connectivity index (χ0) is 17.8. The Bertz CT molecular complexity index is 852. The number of fused-ring (bicyclic) bond motifs is 1. The maximum atomic E-state index is 12.3. The number of hydrogen-bond acceptors (Lipinski definition) is 3. The summed E-state index contributed by atoms with van der Waals surface area (Å²) in [4.78, 5) is 19.0. The molecule has 0 radical (unpaired) electrons. The average Bonchev–Trinajstić information content (AvgIpc) is 3.00. The Labute approximate surface area is 148 Å². The van der Waals surface area contributed by atoms with Crippen molar-refractivity contribution in [1.82, 2.24) is 9.55 Å². The molecule has 0 atom stereocenters. The molecule has 1 heterocycles. The van der Waals surface area contributed by atoms with Gasteiger partial charge < -0.3 is 14.8 Å². The molecule has 0 aliphatic heterocycles. The topological polar surface area (TPSA) is 50.2 Å². The van der Waals surface area contributed by atoms with Crippen molar-refractivity contribution in [3.05, 3.63) is 54.9 Å². The van der Waals surface area contributed by atoms with Crippen molar-refractivity contribution in [2.75, 3.05) is 16.8 Å². The molecule has 0 unspecified atom stereocenters. The Morgan fingerprint density at radius 3 is 2.56 bits per heavy atom. The molecule has 0 aliphatic carbocycles. The average molecular weight is 336 g/mol. The third-order valence-electron chi connectivity index (χ3n) is 4.29. The van der Waals surface area contributed by atoms with Crippen LogP contribution in [0.15, 0.2) is 54.9 Å². The standard InChI is InChI=1S/C20H24N4O/c1-4-24(15(2)3)17-11-9-16(10-12-17)22-20(25)13-23-14-21-18-7-5-6-8-19(18)23/h5-12,14-15H,4,13H2,1-3H3,(H,22,25). The highest BCUT2D eigenvalue weighted by atomic mass is 16.1. The van der Waals surface area contributed by atoms with Gasteiger partial charge in [0.2, 0.25) is 5.91 Å². The number of carbonyl (C=O) groups is 1. The predicted molar refractivity (Wildman–Crippen MR) is 103 cm³/mol. The number of carbonyl (C=O) groups excluding carboxylic acids is 1. The minimum absolute atomic E-state index is 0.0629. The highest BCUT2D eigenvalue weighted by molar-refractivity contribution is 5.91. The number of para-hydroxylation sites is 2. The first kappa shape index (κ1) is 17.0. The first-order chi connectivity index (χ1) is 12.1. The summed E-state index contributed by atoms with van der Waals surface area (Å²) < 4.78 is 1.86. The molecule has 5 nitrogen and oxygen atoms in total. The van der Waals surface area contributed by atoms with Gasteiger partial charge in [-0.25, -0.2) is 4.98 Å². The summed E-state index contributed by atoms with van der Waals surface area (Å²) in [6.45, 7) is 7.70. The Hall–Kier alpha value is -2.82. The summed E-state index contributed by atoms with van der Waals surface area (Å²) in [5, 5.41) is 2.95. The highest BCUT2D eigenvalue weighted by Gasteiger charge is 2.10. The van der Waals surface area contributed by atoms with Crippen molar-refractivity contribution in [3.63, 3.8) is 0 Å². The molecule has 3 aromatic rings. The van der Waals surface area contributed by atoms with Gasteiger partial charge in [0.25, 0.3) is 0 Å². The van der Waals surface area contributed by atoms with E-state index < -0.39 is 0 Å². The van der Waals surface area contributed by atoms with Crippen molar-refractivity contribution < 1.29 is 4.79 Å². The Morgan fingerprint density at radius 2 is 1.88 bits per heavy atom. The molecule has 130 valence electrons. The van der Waals surface area contributed by atoms with Crippen LogP contribution in [0.4, 0.5) is 11.4 Å². The van der Waals surface area contributed by atoms with E-state index in [0.717, 1.165) is 29.0 Å². The van der Waals surface area contributed by atoms with Gasteiger partial charge in [-0.2, -0.15) is 0 Å². The third-order valence-corrected chi connectivity index (χ3v) is 4.29. The normalized spacial score (nSPS) is 11.0. The van der Waals surface area contributed by atoms with E-state index in [1.54, 1.807) is 6.33 Å². The molecule has 0 aliphatic rings.